The van der Waals surface area contributed by atoms with E-state index in [0.717, 1.165) is 5.69 Å². The molecule has 0 atom stereocenters. The number of hydrogen-bond donors (Lipinski definition) is 1. The van der Waals surface area contributed by atoms with Crippen molar-refractivity contribution >= 4 is 16.0 Å². The molecule has 1 aromatic heterocycles. The van der Waals surface area contributed by atoms with Gasteiger partial charge in [0.25, 0.3) is 0 Å². The van der Waals surface area contributed by atoms with Crippen LogP contribution in [0.1, 0.15) is 11.4 Å². The molecule has 136 valence electrons. The van der Waals surface area contributed by atoms with E-state index in [-0.39, 0.29) is 11.4 Å². The highest BCUT2D eigenvalue weighted by Crippen LogP contribution is 2.29. The van der Waals surface area contributed by atoms with Crippen molar-refractivity contribution in [2.45, 2.75) is 18.4 Å². The van der Waals surface area contributed by atoms with Gasteiger partial charge in [0.15, 0.2) is 11.5 Å². The summed E-state index contributed by atoms with van der Waals surface area (Å²) in [6.07, 6.45) is 0. The van der Waals surface area contributed by atoms with Crippen LogP contribution >= 0.6 is 0 Å². The molecule has 0 saturated heterocycles. The second-order valence-corrected chi connectivity index (χ2v) is 7.30. The lowest BCUT2D eigenvalue weighted by Gasteiger charge is -2.13. The lowest BCUT2D eigenvalue weighted by molar-refractivity contribution is 0.354. The lowest BCUT2D eigenvalue weighted by Crippen LogP contribution is -2.24. The van der Waals surface area contributed by atoms with Crippen LogP contribution in [0.2, 0.25) is 0 Å². The van der Waals surface area contributed by atoms with E-state index in [9.17, 15) is 8.42 Å². The average Bonchev–Trinajstić information content (AvgIpc) is 2.58. The van der Waals surface area contributed by atoms with Crippen LogP contribution in [-0.4, -0.2) is 46.7 Å². The van der Waals surface area contributed by atoms with Gasteiger partial charge in [-0.3, -0.25) is 0 Å². The maximum absolute atomic E-state index is 12.5. The first-order valence-electron chi connectivity index (χ1n) is 7.50. The topological polar surface area (TPSA) is 93.7 Å². The van der Waals surface area contributed by atoms with Crippen molar-refractivity contribution in [1.82, 2.24) is 14.7 Å². The number of aromatic nitrogens is 2. The molecule has 1 heterocycles. The van der Waals surface area contributed by atoms with Gasteiger partial charge >= 0.3 is 0 Å². The fourth-order valence-corrected chi connectivity index (χ4v) is 3.16. The molecule has 0 saturated carbocycles. The number of hydrogen-bond acceptors (Lipinski definition) is 7. The minimum atomic E-state index is -3.72. The molecular weight excluding hydrogens is 344 g/mol. The molecule has 1 aromatic carbocycles. The van der Waals surface area contributed by atoms with Crippen LogP contribution in [0.3, 0.4) is 0 Å². The highest BCUT2D eigenvalue weighted by Gasteiger charge is 2.17. The van der Waals surface area contributed by atoms with E-state index in [1.807, 2.05) is 21.0 Å². The molecule has 0 unspecified atom stereocenters. The van der Waals surface area contributed by atoms with Crippen LogP contribution in [0.25, 0.3) is 0 Å². The largest absolute Gasteiger partial charge is 0.493 e. The zero-order valence-corrected chi connectivity index (χ0v) is 15.7. The fourth-order valence-electron chi connectivity index (χ4n) is 2.14. The van der Waals surface area contributed by atoms with Gasteiger partial charge in [-0.05, 0) is 25.1 Å². The smallest absolute Gasteiger partial charge is 0.241 e. The Morgan fingerprint density at radius 3 is 2.36 bits per heavy atom. The minimum Gasteiger partial charge on any atom is -0.493 e. The van der Waals surface area contributed by atoms with Crippen LogP contribution in [-0.2, 0) is 16.6 Å². The second-order valence-electron chi connectivity index (χ2n) is 5.54. The second kappa shape index (κ2) is 7.66. The number of benzene rings is 1. The standard InChI is InChI=1S/C16H22N4O4S/c1-11-8-12(19-16(18-11)20(2)3)10-17-25(21,22)13-6-7-14(23-4)15(9-13)24-5/h6-9,17H,10H2,1-5H3. The van der Waals surface area contributed by atoms with Crippen molar-refractivity contribution in [3.63, 3.8) is 0 Å². The molecule has 2 aromatic rings. The van der Waals surface area contributed by atoms with E-state index in [2.05, 4.69) is 14.7 Å². The first-order valence-corrected chi connectivity index (χ1v) is 8.98. The summed E-state index contributed by atoms with van der Waals surface area (Å²) in [4.78, 5) is 10.5. The van der Waals surface area contributed by atoms with Gasteiger partial charge in [0.05, 0.1) is 31.4 Å². The van der Waals surface area contributed by atoms with Crippen molar-refractivity contribution < 1.29 is 17.9 Å². The number of anilines is 1. The number of ether oxygens (including phenoxy) is 2. The van der Waals surface area contributed by atoms with E-state index in [1.165, 1.54) is 26.4 Å². The molecule has 2 rings (SSSR count). The third-order valence-electron chi connectivity index (χ3n) is 3.40. The molecule has 0 radical (unpaired) electrons. The molecular formula is C16H22N4O4S. The Morgan fingerprint density at radius 1 is 1.08 bits per heavy atom. The fraction of sp³-hybridized carbons (Fsp3) is 0.375. The van der Waals surface area contributed by atoms with Gasteiger partial charge in [0.2, 0.25) is 16.0 Å². The summed E-state index contributed by atoms with van der Waals surface area (Å²) >= 11 is 0. The van der Waals surface area contributed by atoms with Crippen molar-refractivity contribution in [2.75, 3.05) is 33.2 Å². The predicted molar refractivity (Wildman–Crippen MR) is 94.7 cm³/mol. The monoisotopic (exact) mass is 366 g/mol. The zero-order chi connectivity index (χ0) is 18.6. The average molecular weight is 366 g/mol. The van der Waals surface area contributed by atoms with Gasteiger partial charge in [-0.1, -0.05) is 0 Å². The maximum atomic E-state index is 12.5. The first-order chi connectivity index (χ1) is 11.8. The third-order valence-corrected chi connectivity index (χ3v) is 4.80. The molecule has 0 aliphatic heterocycles. The summed E-state index contributed by atoms with van der Waals surface area (Å²) < 4.78 is 37.8. The molecule has 0 aliphatic rings. The number of rotatable bonds is 7. The predicted octanol–water partition coefficient (Wildman–Crippen LogP) is 1.35. The van der Waals surface area contributed by atoms with Crippen LogP contribution in [0.15, 0.2) is 29.2 Å². The van der Waals surface area contributed by atoms with Gasteiger partial charge in [0, 0.05) is 25.9 Å². The number of nitrogens with zero attached hydrogens (tertiary/aromatic N) is 3. The molecule has 0 amide bonds. The number of nitrogens with one attached hydrogen (secondary N) is 1. The highest BCUT2D eigenvalue weighted by atomic mass is 32.2. The summed E-state index contributed by atoms with van der Waals surface area (Å²) in [6, 6.07) is 6.16. The summed E-state index contributed by atoms with van der Waals surface area (Å²) in [5.74, 6) is 1.34. The van der Waals surface area contributed by atoms with Crippen molar-refractivity contribution in [2.24, 2.45) is 0 Å². The van der Waals surface area contributed by atoms with E-state index in [1.54, 1.807) is 17.0 Å². The highest BCUT2D eigenvalue weighted by molar-refractivity contribution is 7.89. The lowest BCUT2D eigenvalue weighted by atomic mass is 10.3. The zero-order valence-electron chi connectivity index (χ0n) is 14.9. The van der Waals surface area contributed by atoms with Gasteiger partial charge in [-0.15, -0.1) is 0 Å². The Balaban J connectivity index is 2.22. The van der Waals surface area contributed by atoms with E-state index >= 15 is 0 Å². The van der Waals surface area contributed by atoms with E-state index in [4.69, 9.17) is 9.47 Å². The van der Waals surface area contributed by atoms with Gasteiger partial charge in [-0.2, -0.15) is 0 Å². The summed E-state index contributed by atoms with van der Waals surface area (Å²) in [6.45, 7) is 1.89. The minimum absolute atomic E-state index is 0.0564. The quantitative estimate of drug-likeness (QED) is 0.790. The normalized spacial score (nSPS) is 11.2. The first kappa shape index (κ1) is 18.9. The Bertz CT molecular complexity index is 853. The van der Waals surface area contributed by atoms with Crippen LogP contribution < -0.4 is 19.1 Å². The molecule has 0 bridgehead atoms. The van der Waals surface area contributed by atoms with Gasteiger partial charge in [-0.25, -0.2) is 23.1 Å². The van der Waals surface area contributed by atoms with Crippen molar-refractivity contribution in [1.29, 1.82) is 0 Å². The molecule has 9 heteroatoms. The summed E-state index contributed by atoms with van der Waals surface area (Å²) in [7, 11) is 2.87. The Kier molecular flexibility index (Phi) is 5.81. The molecule has 0 fully saturated rings. The summed E-state index contributed by atoms with van der Waals surface area (Å²) in [5.41, 5.74) is 1.35. The van der Waals surface area contributed by atoms with Gasteiger partial charge < -0.3 is 14.4 Å². The Labute approximate surface area is 147 Å². The Morgan fingerprint density at radius 2 is 1.76 bits per heavy atom. The van der Waals surface area contributed by atoms with Crippen LogP contribution in [0, 0.1) is 6.92 Å². The maximum Gasteiger partial charge on any atom is 0.241 e. The molecule has 0 aliphatic carbocycles. The van der Waals surface area contributed by atoms with Crippen molar-refractivity contribution in [3.8, 4) is 11.5 Å². The Hall–Kier alpha value is -2.39. The van der Waals surface area contributed by atoms with Crippen LogP contribution in [0.5, 0.6) is 11.5 Å². The third kappa shape index (κ3) is 4.58. The number of methoxy groups -OCH3 is 2. The molecule has 0 spiro atoms. The molecule has 25 heavy (non-hydrogen) atoms. The number of sulfonamides is 1. The SMILES string of the molecule is COc1ccc(S(=O)(=O)NCc2cc(C)nc(N(C)C)n2)cc1OC. The number of aryl methyl sites for hydroxylation is 1. The van der Waals surface area contributed by atoms with E-state index in [0.29, 0.717) is 23.1 Å². The molecule has 8 nitrogen and oxygen atoms in total. The van der Waals surface area contributed by atoms with Crippen molar-refractivity contribution in [3.05, 3.63) is 35.7 Å². The van der Waals surface area contributed by atoms with E-state index < -0.39 is 10.0 Å². The molecule has 1 N–H and O–H groups in total. The van der Waals surface area contributed by atoms with Crippen LogP contribution in [0.4, 0.5) is 5.95 Å². The summed E-state index contributed by atoms with van der Waals surface area (Å²) in [5, 5.41) is 0. The van der Waals surface area contributed by atoms with Gasteiger partial charge in [0.1, 0.15) is 0 Å².